The van der Waals surface area contributed by atoms with Crippen molar-refractivity contribution in [1.82, 2.24) is 0 Å². The summed E-state index contributed by atoms with van der Waals surface area (Å²) in [6.07, 6.45) is 3.18. The summed E-state index contributed by atoms with van der Waals surface area (Å²) in [5.74, 6) is -1.37. The first-order valence-corrected chi connectivity index (χ1v) is 7.74. The van der Waals surface area contributed by atoms with Gasteiger partial charge in [-0.3, -0.25) is 14.4 Å². The summed E-state index contributed by atoms with van der Waals surface area (Å²) < 4.78 is 0. The molecule has 2 rings (SSSR count). The largest absolute Gasteiger partial charge is 0.405 e. The molecule has 5 heteroatoms. The molecular formula is C20H16N2O3. The molecule has 0 N–H and O–H groups in total. The van der Waals surface area contributed by atoms with E-state index in [4.69, 9.17) is 5.53 Å². The predicted molar refractivity (Wildman–Crippen MR) is 93.6 cm³/mol. The molecule has 0 amide bonds. The Kier molecular flexibility index (Phi) is 6.46. The number of ketones is 3. The Morgan fingerprint density at radius 2 is 1.44 bits per heavy atom. The van der Waals surface area contributed by atoms with Crippen LogP contribution in [0, 0.1) is 0 Å². The van der Waals surface area contributed by atoms with E-state index in [1.807, 2.05) is 6.07 Å². The summed E-state index contributed by atoms with van der Waals surface area (Å²) in [5, 5.41) is 0. The molecule has 0 aliphatic carbocycles. The number of hydrogen-bond acceptors (Lipinski definition) is 3. The zero-order chi connectivity index (χ0) is 18.1. The van der Waals surface area contributed by atoms with Crippen LogP contribution < -0.4 is 0 Å². The van der Waals surface area contributed by atoms with Crippen LogP contribution in [0.2, 0.25) is 0 Å². The first-order chi connectivity index (χ1) is 12.1. The number of nitrogens with zero attached hydrogens (tertiary/aromatic N) is 2. The Morgan fingerprint density at radius 3 is 2.00 bits per heavy atom. The predicted octanol–water partition coefficient (Wildman–Crippen LogP) is 3.33. The molecule has 0 bridgehead atoms. The van der Waals surface area contributed by atoms with Crippen LogP contribution >= 0.6 is 0 Å². The van der Waals surface area contributed by atoms with E-state index >= 15 is 0 Å². The van der Waals surface area contributed by atoms with Crippen molar-refractivity contribution in [2.75, 3.05) is 0 Å². The second kappa shape index (κ2) is 9.01. The molecule has 0 aliphatic rings. The van der Waals surface area contributed by atoms with E-state index in [2.05, 4.69) is 4.79 Å². The third-order valence-corrected chi connectivity index (χ3v) is 3.48. The summed E-state index contributed by atoms with van der Waals surface area (Å²) in [5.41, 5.74) is 9.32. The number of hydrogen-bond donors (Lipinski definition) is 0. The van der Waals surface area contributed by atoms with Crippen LogP contribution in [-0.2, 0) is 4.79 Å². The molecule has 0 atom stereocenters. The molecule has 2 aromatic rings. The maximum atomic E-state index is 12.2. The number of Topliss-reactive ketones (excluding diaryl/α,β-unsaturated/α-hetero) is 2. The van der Waals surface area contributed by atoms with Gasteiger partial charge in [0.15, 0.2) is 5.78 Å². The molecule has 0 saturated carbocycles. The summed E-state index contributed by atoms with van der Waals surface area (Å²) >= 11 is 0. The lowest BCUT2D eigenvalue weighted by atomic mass is 10.0. The number of allylic oxidation sites excluding steroid dienone is 2. The molecule has 0 aromatic heterocycles. The Bertz CT molecular complexity index is 849. The number of carbonyl (C=O) groups is 3. The lowest BCUT2D eigenvalue weighted by molar-refractivity contribution is -0.116. The second-order valence-electron chi connectivity index (χ2n) is 5.24. The van der Waals surface area contributed by atoms with Crippen molar-refractivity contribution >= 4 is 23.1 Å². The van der Waals surface area contributed by atoms with Crippen molar-refractivity contribution < 1.29 is 19.2 Å². The minimum absolute atomic E-state index is 0.0312. The van der Waals surface area contributed by atoms with Gasteiger partial charge < -0.3 is 5.53 Å². The molecule has 0 spiro atoms. The molecule has 0 aliphatic heterocycles. The molecule has 2 aromatic carbocycles. The standard InChI is InChI=1S/C20H16N2O3/c21-22-19(20(25)16-11-5-2-6-12-16)18(24)14-8-7-13-17(23)15-9-3-1-4-10-15/h1-7,9-13H,8,14H2/b13-7+. The summed E-state index contributed by atoms with van der Waals surface area (Å²) in [6, 6.07) is 16.9. The molecule has 0 saturated heterocycles. The summed E-state index contributed by atoms with van der Waals surface area (Å²) in [6.45, 7) is 0. The van der Waals surface area contributed by atoms with Crippen molar-refractivity contribution in [2.45, 2.75) is 12.8 Å². The van der Waals surface area contributed by atoms with Crippen LogP contribution in [-0.4, -0.2) is 27.9 Å². The van der Waals surface area contributed by atoms with Crippen molar-refractivity contribution in [1.29, 1.82) is 0 Å². The first kappa shape index (κ1) is 17.9. The van der Waals surface area contributed by atoms with Crippen LogP contribution in [0.3, 0.4) is 0 Å². The monoisotopic (exact) mass is 332 g/mol. The fourth-order valence-electron chi connectivity index (χ4n) is 2.18. The molecule has 25 heavy (non-hydrogen) atoms. The Morgan fingerprint density at radius 1 is 0.880 bits per heavy atom. The quantitative estimate of drug-likeness (QED) is 0.185. The topological polar surface area (TPSA) is 87.6 Å². The first-order valence-electron chi connectivity index (χ1n) is 7.74. The maximum Gasteiger partial charge on any atom is 0.405 e. The van der Waals surface area contributed by atoms with Gasteiger partial charge in [-0.05, 0) is 12.5 Å². The zero-order valence-corrected chi connectivity index (χ0v) is 13.5. The number of carbonyl (C=O) groups excluding carboxylic acids is 3. The third kappa shape index (κ3) is 5.03. The fraction of sp³-hybridized carbons (Fsp3) is 0.100. The van der Waals surface area contributed by atoms with E-state index in [9.17, 15) is 14.4 Å². The Labute approximate surface area is 145 Å². The van der Waals surface area contributed by atoms with E-state index < -0.39 is 17.3 Å². The molecule has 0 radical (unpaired) electrons. The molecule has 0 heterocycles. The Balaban J connectivity index is 1.93. The van der Waals surface area contributed by atoms with Gasteiger partial charge in [-0.15, -0.1) is 0 Å². The maximum absolute atomic E-state index is 12.2. The number of rotatable bonds is 8. The van der Waals surface area contributed by atoms with Crippen LogP contribution in [0.4, 0.5) is 0 Å². The van der Waals surface area contributed by atoms with E-state index in [1.165, 1.54) is 6.08 Å². The smallest absolute Gasteiger partial charge is 0.360 e. The van der Waals surface area contributed by atoms with Gasteiger partial charge in [0.2, 0.25) is 5.78 Å². The van der Waals surface area contributed by atoms with E-state index in [0.717, 1.165) is 0 Å². The highest BCUT2D eigenvalue weighted by Crippen LogP contribution is 2.05. The van der Waals surface area contributed by atoms with Gasteiger partial charge in [0, 0.05) is 17.5 Å². The lowest BCUT2D eigenvalue weighted by Gasteiger charge is -1.96. The third-order valence-electron chi connectivity index (χ3n) is 3.48. The van der Waals surface area contributed by atoms with E-state index in [1.54, 1.807) is 60.7 Å². The second-order valence-corrected chi connectivity index (χ2v) is 5.24. The lowest BCUT2D eigenvalue weighted by Crippen LogP contribution is -2.25. The van der Waals surface area contributed by atoms with Crippen LogP contribution in [0.25, 0.3) is 5.53 Å². The van der Waals surface area contributed by atoms with Gasteiger partial charge in [0.25, 0.3) is 5.78 Å². The zero-order valence-electron chi connectivity index (χ0n) is 13.5. The van der Waals surface area contributed by atoms with Crippen molar-refractivity contribution in [3.05, 3.63) is 89.5 Å². The summed E-state index contributed by atoms with van der Waals surface area (Å²) in [7, 11) is 0. The van der Waals surface area contributed by atoms with Gasteiger partial charge in [0.05, 0.1) is 0 Å². The van der Waals surface area contributed by atoms with Crippen molar-refractivity contribution in [3.8, 4) is 0 Å². The van der Waals surface area contributed by atoms with Crippen LogP contribution in [0.1, 0.15) is 33.6 Å². The Hall–Kier alpha value is -3.43. The highest BCUT2D eigenvalue weighted by molar-refractivity contribution is 6.67. The molecular weight excluding hydrogens is 316 g/mol. The van der Waals surface area contributed by atoms with Crippen molar-refractivity contribution in [2.24, 2.45) is 0 Å². The minimum atomic E-state index is -0.627. The number of benzene rings is 2. The molecule has 0 fully saturated rings. The van der Waals surface area contributed by atoms with Gasteiger partial charge in [-0.2, -0.15) is 4.79 Å². The van der Waals surface area contributed by atoms with Crippen LogP contribution in [0.5, 0.6) is 0 Å². The van der Waals surface area contributed by atoms with Crippen LogP contribution in [0.15, 0.2) is 72.8 Å². The highest BCUT2D eigenvalue weighted by Gasteiger charge is 2.29. The van der Waals surface area contributed by atoms with Gasteiger partial charge in [0.1, 0.15) is 0 Å². The van der Waals surface area contributed by atoms with Gasteiger partial charge in [-0.1, -0.05) is 66.7 Å². The van der Waals surface area contributed by atoms with E-state index in [0.29, 0.717) is 5.56 Å². The minimum Gasteiger partial charge on any atom is -0.360 e. The normalized spacial score (nSPS) is 10.2. The van der Waals surface area contributed by atoms with Crippen molar-refractivity contribution in [3.63, 3.8) is 0 Å². The SMILES string of the molecule is [N-]=[N+]=C(C(=O)CC/C=C/C(=O)c1ccccc1)C(=O)c1ccccc1. The fourth-order valence-corrected chi connectivity index (χ4v) is 2.18. The van der Waals surface area contributed by atoms with Gasteiger partial charge >= 0.3 is 5.71 Å². The molecule has 124 valence electrons. The average molecular weight is 332 g/mol. The summed E-state index contributed by atoms with van der Waals surface area (Å²) in [4.78, 5) is 39.0. The highest BCUT2D eigenvalue weighted by atomic mass is 16.2. The molecule has 5 nitrogen and oxygen atoms in total. The molecule has 0 unspecified atom stereocenters. The van der Waals surface area contributed by atoms with E-state index in [-0.39, 0.29) is 24.2 Å². The average Bonchev–Trinajstić information content (AvgIpc) is 2.67. The van der Waals surface area contributed by atoms with Gasteiger partial charge in [-0.25, -0.2) is 0 Å².